The Bertz CT molecular complexity index is 838. The second-order valence-corrected chi connectivity index (χ2v) is 8.30. The lowest BCUT2D eigenvalue weighted by atomic mass is 9.91. The largest absolute Gasteiger partial charge is 0.480 e. The van der Waals surface area contributed by atoms with Gasteiger partial charge < -0.3 is 14.7 Å². The molecule has 3 rings (SSSR count). The van der Waals surface area contributed by atoms with Crippen molar-refractivity contribution in [2.24, 2.45) is 5.41 Å². The summed E-state index contributed by atoms with van der Waals surface area (Å²) in [6, 6.07) is 8.97. The van der Waals surface area contributed by atoms with E-state index < -0.39 is 12.0 Å². The summed E-state index contributed by atoms with van der Waals surface area (Å²) >= 11 is 0. The Labute approximate surface area is 159 Å². The number of carboxylic acid groups (broad SMARTS) is 1. The van der Waals surface area contributed by atoms with Crippen LogP contribution in [-0.2, 0) is 20.9 Å². The van der Waals surface area contributed by atoms with Crippen molar-refractivity contribution in [2.75, 3.05) is 6.54 Å². The second-order valence-electron chi connectivity index (χ2n) is 8.30. The minimum absolute atomic E-state index is 0.132. The van der Waals surface area contributed by atoms with Crippen LogP contribution >= 0.6 is 0 Å². The average Bonchev–Trinajstić information content (AvgIpc) is 3.03. The smallest absolute Gasteiger partial charge is 0.326 e. The third-order valence-electron chi connectivity index (χ3n) is 4.74. The maximum atomic E-state index is 12.6. The van der Waals surface area contributed by atoms with Crippen LogP contribution in [0.2, 0.25) is 0 Å². The molecule has 0 aliphatic carbocycles. The second kappa shape index (κ2) is 7.64. The van der Waals surface area contributed by atoms with E-state index >= 15 is 0 Å². The number of hydrogen-bond donors (Lipinski definition) is 1. The number of benzene rings is 1. The zero-order valence-corrected chi connectivity index (χ0v) is 16.0. The zero-order chi connectivity index (χ0) is 19.6. The summed E-state index contributed by atoms with van der Waals surface area (Å²) in [5.74, 6) is -1.11. The summed E-state index contributed by atoms with van der Waals surface area (Å²) in [5.41, 5.74) is 1.65. The third-order valence-corrected chi connectivity index (χ3v) is 4.74. The van der Waals surface area contributed by atoms with Gasteiger partial charge >= 0.3 is 5.97 Å². The van der Waals surface area contributed by atoms with Crippen molar-refractivity contribution in [3.05, 3.63) is 42.1 Å². The minimum Gasteiger partial charge on any atom is -0.480 e. The molecule has 144 valence electrons. The molecule has 1 aliphatic rings. The van der Waals surface area contributed by atoms with Crippen molar-refractivity contribution >= 4 is 22.8 Å². The van der Waals surface area contributed by atoms with Crippen molar-refractivity contribution in [1.82, 2.24) is 9.88 Å². The highest BCUT2D eigenvalue weighted by atomic mass is 16.5. The molecule has 1 fully saturated rings. The molecule has 1 aliphatic heterocycles. The van der Waals surface area contributed by atoms with Crippen LogP contribution < -0.4 is 0 Å². The van der Waals surface area contributed by atoms with Crippen LogP contribution in [0.15, 0.2) is 36.5 Å². The first-order chi connectivity index (χ1) is 12.7. The van der Waals surface area contributed by atoms with E-state index in [-0.39, 0.29) is 17.4 Å². The summed E-state index contributed by atoms with van der Waals surface area (Å²) in [5, 5.41) is 10.6. The summed E-state index contributed by atoms with van der Waals surface area (Å²) in [6.45, 7) is 6.56. The zero-order valence-electron chi connectivity index (χ0n) is 16.0. The van der Waals surface area contributed by atoms with Crippen LogP contribution in [0.25, 0.3) is 10.9 Å². The van der Waals surface area contributed by atoms with E-state index in [1.54, 1.807) is 6.20 Å². The van der Waals surface area contributed by atoms with E-state index in [0.717, 1.165) is 16.5 Å². The number of carbonyl (C=O) groups excluding carboxylic acids is 1. The molecule has 6 heteroatoms. The third kappa shape index (κ3) is 4.63. The fraction of sp³-hybridized carbons (Fsp3) is 0.476. The van der Waals surface area contributed by atoms with Gasteiger partial charge in [0.2, 0.25) is 5.91 Å². The molecule has 1 aromatic carbocycles. The fourth-order valence-corrected chi connectivity index (χ4v) is 3.47. The van der Waals surface area contributed by atoms with Gasteiger partial charge in [0.1, 0.15) is 6.04 Å². The predicted molar refractivity (Wildman–Crippen MR) is 102 cm³/mol. The number of ether oxygens (including phenoxy) is 1. The van der Waals surface area contributed by atoms with Gasteiger partial charge in [-0.2, -0.15) is 0 Å². The monoisotopic (exact) mass is 370 g/mol. The number of fused-ring (bicyclic) bond motifs is 1. The average molecular weight is 370 g/mol. The fourth-order valence-electron chi connectivity index (χ4n) is 3.47. The van der Waals surface area contributed by atoms with E-state index in [4.69, 9.17) is 4.74 Å². The molecular weight excluding hydrogens is 344 g/mol. The maximum absolute atomic E-state index is 12.6. The molecular formula is C21H26N2O4. The van der Waals surface area contributed by atoms with Gasteiger partial charge in [0.05, 0.1) is 18.2 Å². The van der Waals surface area contributed by atoms with E-state index in [1.165, 1.54) is 4.90 Å². The maximum Gasteiger partial charge on any atom is 0.326 e. The standard InChI is InChI=1S/C21H26N2O4/c1-21(2,3)11-18(24)23-12-16(10-17(23)20(25)26)27-13-15-7-4-6-14-8-5-9-22-19(14)15/h4-9,16-17H,10-13H2,1-3H3,(H,25,26)/t16-,17+/m1/s1. The number of pyridine rings is 1. The first-order valence-electron chi connectivity index (χ1n) is 9.21. The van der Waals surface area contributed by atoms with Crippen LogP contribution in [-0.4, -0.2) is 45.6 Å². The molecule has 1 saturated heterocycles. The molecule has 27 heavy (non-hydrogen) atoms. The van der Waals surface area contributed by atoms with Gasteiger partial charge in [-0.1, -0.05) is 45.0 Å². The van der Waals surface area contributed by atoms with Crippen molar-refractivity contribution in [3.8, 4) is 0 Å². The molecule has 0 saturated carbocycles. The highest BCUT2D eigenvalue weighted by Crippen LogP contribution is 2.27. The van der Waals surface area contributed by atoms with Gasteiger partial charge in [-0.3, -0.25) is 9.78 Å². The predicted octanol–water partition coefficient (Wildman–Crippen LogP) is 3.24. The number of carboxylic acids is 1. The first kappa shape index (κ1) is 19.3. The highest BCUT2D eigenvalue weighted by molar-refractivity contribution is 5.85. The highest BCUT2D eigenvalue weighted by Gasteiger charge is 2.40. The van der Waals surface area contributed by atoms with Crippen molar-refractivity contribution < 1.29 is 19.4 Å². The molecule has 1 N–H and O–H groups in total. The molecule has 0 spiro atoms. The number of nitrogens with zero attached hydrogens (tertiary/aromatic N) is 2. The molecule has 0 unspecified atom stereocenters. The lowest BCUT2D eigenvalue weighted by Gasteiger charge is -2.25. The number of aliphatic carboxylic acids is 1. The quantitative estimate of drug-likeness (QED) is 0.874. The summed E-state index contributed by atoms with van der Waals surface area (Å²) < 4.78 is 5.99. The van der Waals surface area contributed by atoms with Gasteiger partial charge in [-0.05, 0) is 11.5 Å². The normalized spacial score (nSPS) is 20.2. The van der Waals surface area contributed by atoms with Crippen LogP contribution in [0.1, 0.15) is 39.2 Å². The minimum atomic E-state index is -0.977. The Hall–Kier alpha value is -2.47. The van der Waals surface area contributed by atoms with Crippen LogP contribution in [0.3, 0.4) is 0 Å². The van der Waals surface area contributed by atoms with Crippen molar-refractivity contribution in [2.45, 2.75) is 52.4 Å². The lowest BCUT2D eigenvalue weighted by Crippen LogP contribution is -2.41. The number of para-hydroxylation sites is 1. The molecule has 1 amide bonds. The first-order valence-corrected chi connectivity index (χ1v) is 9.21. The number of likely N-dealkylation sites (tertiary alicyclic amines) is 1. The van der Waals surface area contributed by atoms with Gasteiger partial charge in [0.25, 0.3) is 0 Å². The number of hydrogen-bond acceptors (Lipinski definition) is 4. The molecule has 2 aromatic rings. The number of carbonyl (C=O) groups is 2. The molecule has 1 aromatic heterocycles. The van der Waals surface area contributed by atoms with Gasteiger partial charge in [0.15, 0.2) is 0 Å². The van der Waals surface area contributed by atoms with Crippen LogP contribution in [0, 0.1) is 5.41 Å². The van der Waals surface area contributed by atoms with Gasteiger partial charge in [0, 0.05) is 36.5 Å². The topological polar surface area (TPSA) is 79.7 Å². The lowest BCUT2D eigenvalue weighted by molar-refractivity contribution is -0.148. The molecule has 2 atom stereocenters. The number of rotatable bonds is 5. The SMILES string of the molecule is CC(C)(C)CC(=O)N1C[C@H](OCc2cccc3cccnc23)C[C@H]1C(=O)O. The Morgan fingerprint density at radius 2 is 2.00 bits per heavy atom. The molecule has 2 heterocycles. The van der Waals surface area contributed by atoms with E-state index in [9.17, 15) is 14.7 Å². The molecule has 6 nitrogen and oxygen atoms in total. The molecule has 0 bridgehead atoms. The van der Waals surface area contributed by atoms with E-state index in [0.29, 0.717) is 26.0 Å². The van der Waals surface area contributed by atoms with Gasteiger partial charge in [-0.25, -0.2) is 4.79 Å². The van der Waals surface area contributed by atoms with Gasteiger partial charge in [-0.15, -0.1) is 0 Å². The number of aromatic nitrogens is 1. The number of amides is 1. The van der Waals surface area contributed by atoms with Crippen molar-refractivity contribution in [1.29, 1.82) is 0 Å². The Morgan fingerprint density at radius 1 is 1.26 bits per heavy atom. The Morgan fingerprint density at radius 3 is 2.70 bits per heavy atom. The summed E-state index contributed by atoms with van der Waals surface area (Å²) in [4.78, 5) is 30.1. The van der Waals surface area contributed by atoms with Crippen molar-refractivity contribution in [3.63, 3.8) is 0 Å². The molecule has 0 radical (unpaired) electrons. The van der Waals surface area contributed by atoms with E-state index in [1.807, 2.05) is 51.1 Å². The summed E-state index contributed by atoms with van der Waals surface area (Å²) in [7, 11) is 0. The Balaban J connectivity index is 1.69. The summed E-state index contributed by atoms with van der Waals surface area (Å²) in [6.07, 6.45) is 2.07. The van der Waals surface area contributed by atoms with E-state index in [2.05, 4.69) is 4.98 Å². The Kier molecular flexibility index (Phi) is 5.46. The van der Waals surface area contributed by atoms with Crippen LogP contribution in [0.5, 0.6) is 0 Å². The van der Waals surface area contributed by atoms with Crippen LogP contribution in [0.4, 0.5) is 0 Å².